The van der Waals surface area contributed by atoms with Crippen molar-refractivity contribution in [3.05, 3.63) is 51.9 Å². The Balaban J connectivity index is 2.02. The van der Waals surface area contributed by atoms with Crippen molar-refractivity contribution < 1.29 is 4.42 Å². The first-order valence-electron chi connectivity index (χ1n) is 4.46. The van der Waals surface area contributed by atoms with Crippen LogP contribution in [0.25, 0.3) is 0 Å². The Morgan fingerprint density at radius 2 is 2.20 bits per heavy atom. The van der Waals surface area contributed by atoms with Crippen LogP contribution >= 0.6 is 27.5 Å². The molecule has 2 nitrogen and oxygen atoms in total. The summed E-state index contributed by atoms with van der Waals surface area (Å²) in [6, 6.07) is 7.66. The zero-order valence-corrected chi connectivity index (χ0v) is 10.2. The third kappa shape index (κ3) is 2.76. The van der Waals surface area contributed by atoms with Gasteiger partial charge in [0.05, 0.1) is 17.5 Å². The Hall–Kier alpha value is -0.930. The number of nitrogens with one attached hydrogen (secondary N) is 1. The van der Waals surface area contributed by atoms with Crippen LogP contribution in [0.15, 0.2) is 45.7 Å². The van der Waals surface area contributed by atoms with E-state index in [4.69, 9.17) is 16.0 Å². The lowest BCUT2D eigenvalue weighted by Crippen LogP contribution is -1.97. The second-order valence-corrected chi connectivity index (χ2v) is 4.38. The zero-order chi connectivity index (χ0) is 10.7. The first kappa shape index (κ1) is 10.6. The second-order valence-electron chi connectivity index (χ2n) is 3.11. The van der Waals surface area contributed by atoms with Crippen molar-refractivity contribution in [1.82, 2.24) is 0 Å². The van der Waals surface area contributed by atoms with E-state index >= 15 is 0 Å². The molecule has 0 saturated carbocycles. The summed E-state index contributed by atoms with van der Waals surface area (Å²) < 4.78 is 5.87. The fourth-order valence-electron chi connectivity index (χ4n) is 1.20. The van der Waals surface area contributed by atoms with E-state index in [9.17, 15) is 0 Å². The molecular weight excluding hydrogens is 277 g/mol. The van der Waals surface area contributed by atoms with E-state index in [1.165, 1.54) is 0 Å². The van der Waals surface area contributed by atoms with Crippen LogP contribution in [0.3, 0.4) is 0 Å². The summed E-state index contributed by atoms with van der Waals surface area (Å²) in [6.45, 7) is 0.741. The summed E-state index contributed by atoms with van der Waals surface area (Å²) in [5.41, 5.74) is 2.13. The third-order valence-corrected chi connectivity index (χ3v) is 3.21. The number of hydrogen-bond acceptors (Lipinski definition) is 2. The van der Waals surface area contributed by atoms with Gasteiger partial charge in [-0.1, -0.05) is 11.6 Å². The molecule has 0 aliphatic heterocycles. The molecule has 0 saturated heterocycles. The number of hydrogen-bond donors (Lipinski definition) is 1. The molecule has 0 amide bonds. The van der Waals surface area contributed by atoms with E-state index in [0.29, 0.717) is 5.02 Å². The third-order valence-electron chi connectivity index (χ3n) is 2.00. The summed E-state index contributed by atoms with van der Waals surface area (Å²) in [4.78, 5) is 0. The first-order valence-corrected chi connectivity index (χ1v) is 5.63. The van der Waals surface area contributed by atoms with Gasteiger partial charge in [-0.2, -0.15) is 0 Å². The predicted octanol–water partition coefficient (Wildman–Crippen LogP) is 4.31. The Morgan fingerprint density at radius 1 is 1.33 bits per heavy atom. The van der Waals surface area contributed by atoms with Crippen molar-refractivity contribution in [3.63, 3.8) is 0 Å². The lowest BCUT2D eigenvalue weighted by molar-refractivity contribution is 0.564. The monoisotopic (exact) mass is 285 g/mol. The van der Waals surface area contributed by atoms with Crippen molar-refractivity contribution in [1.29, 1.82) is 0 Å². The highest BCUT2D eigenvalue weighted by atomic mass is 79.9. The molecule has 0 atom stereocenters. The minimum absolute atomic E-state index is 0.712. The van der Waals surface area contributed by atoms with Crippen LogP contribution in [0.4, 0.5) is 5.69 Å². The normalized spacial score (nSPS) is 10.3. The molecule has 0 fully saturated rings. The fourth-order valence-corrected chi connectivity index (χ4v) is 1.70. The number of anilines is 1. The standard InChI is InChI=1S/C11H9BrClNO/c12-10-5-9(1-2-11(10)13)14-6-8-3-4-15-7-8/h1-5,7,14H,6H2. The molecule has 0 bridgehead atoms. The summed E-state index contributed by atoms with van der Waals surface area (Å²) in [6.07, 6.45) is 3.38. The molecule has 1 heterocycles. The van der Waals surface area contributed by atoms with Crippen molar-refractivity contribution in [2.45, 2.75) is 6.54 Å². The minimum atomic E-state index is 0.712. The van der Waals surface area contributed by atoms with E-state index in [0.717, 1.165) is 22.3 Å². The van der Waals surface area contributed by atoms with Gasteiger partial charge in [-0.25, -0.2) is 0 Å². The number of halogens is 2. The second kappa shape index (κ2) is 4.73. The quantitative estimate of drug-likeness (QED) is 0.909. The minimum Gasteiger partial charge on any atom is -0.472 e. The van der Waals surface area contributed by atoms with E-state index in [2.05, 4.69) is 21.2 Å². The number of benzene rings is 1. The van der Waals surface area contributed by atoms with Gasteiger partial charge in [-0.05, 0) is 40.2 Å². The van der Waals surface area contributed by atoms with Crippen LogP contribution in [0.2, 0.25) is 5.02 Å². The van der Waals surface area contributed by atoms with E-state index in [1.54, 1.807) is 12.5 Å². The molecule has 0 radical (unpaired) electrons. The smallest absolute Gasteiger partial charge is 0.0952 e. The Labute approximate surface area is 101 Å². The fraction of sp³-hybridized carbons (Fsp3) is 0.0909. The van der Waals surface area contributed by atoms with Gasteiger partial charge in [0.25, 0.3) is 0 Å². The van der Waals surface area contributed by atoms with Crippen LogP contribution in [0.1, 0.15) is 5.56 Å². The molecular formula is C11H9BrClNO. The van der Waals surface area contributed by atoms with E-state index in [-0.39, 0.29) is 0 Å². The average molecular weight is 287 g/mol. The summed E-state index contributed by atoms with van der Waals surface area (Å²) in [5, 5.41) is 3.98. The molecule has 1 aromatic carbocycles. The summed E-state index contributed by atoms with van der Waals surface area (Å²) >= 11 is 9.27. The molecule has 2 aromatic rings. The topological polar surface area (TPSA) is 25.2 Å². The van der Waals surface area contributed by atoms with Gasteiger partial charge in [0.1, 0.15) is 0 Å². The van der Waals surface area contributed by atoms with Gasteiger partial charge >= 0.3 is 0 Å². The highest BCUT2D eigenvalue weighted by Crippen LogP contribution is 2.25. The lowest BCUT2D eigenvalue weighted by atomic mass is 10.3. The summed E-state index contributed by atoms with van der Waals surface area (Å²) in [7, 11) is 0. The largest absolute Gasteiger partial charge is 0.472 e. The Bertz CT molecular complexity index is 442. The molecule has 0 unspecified atom stereocenters. The van der Waals surface area contributed by atoms with Crippen molar-refractivity contribution in [2.24, 2.45) is 0 Å². The van der Waals surface area contributed by atoms with Gasteiger partial charge in [-0.3, -0.25) is 0 Å². The van der Waals surface area contributed by atoms with Crippen LogP contribution in [0, 0.1) is 0 Å². The zero-order valence-electron chi connectivity index (χ0n) is 7.84. The molecule has 4 heteroatoms. The van der Waals surface area contributed by atoms with Gasteiger partial charge in [-0.15, -0.1) is 0 Å². The SMILES string of the molecule is Clc1ccc(NCc2ccoc2)cc1Br. The van der Waals surface area contributed by atoms with Gasteiger partial charge in [0.15, 0.2) is 0 Å². The Morgan fingerprint density at radius 3 is 2.87 bits per heavy atom. The number of rotatable bonds is 3. The average Bonchev–Trinajstić information content (AvgIpc) is 2.73. The van der Waals surface area contributed by atoms with Crippen molar-refractivity contribution in [2.75, 3.05) is 5.32 Å². The van der Waals surface area contributed by atoms with E-state index in [1.807, 2.05) is 24.3 Å². The highest BCUT2D eigenvalue weighted by Gasteiger charge is 1.99. The maximum atomic E-state index is 5.89. The van der Waals surface area contributed by atoms with Crippen LogP contribution in [-0.2, 0) is 6.54 Å². The molecule has 2 rings (SSSR count). The van der Waals surface area contributed by atoms with Crippen LogP contribution in [-0.4, -0.2) is 0 Å². The van der Waals surface area contributed by atoms with Gasteiger partial charge < -0.3 is 9.73 Å². The Kier molecular flexibility index (Phi) is 3.34. The molecule has 0 aliphatic rings. The first-order chi connectivity index (χ1) is 7.25. The number of furan rings is 1. The molecule has 1 N–H and O–H groups in total. The maximum absolute atomic E-state index is 5.89. The lowest BCUT2D eigenvalue weighted by Gasteiger charge is -2.05. The maximum Gasteiger partial charge on any atom is 0.0952 e. The molecule has 78 valence electrons. The van der Waals surface area contributed by atoms with Gasteiger partial charge in [0, 0.05) is 22.3 Å². The van der Waals surface area contributed by atoms with Crippen LogP contribution in [0.5, 0.6) is 0 Å². The van der Waals surface area contributed by atoms with E-state index < -0.39 is 0 Å². The molecule has 15 heavy (non-hydrogen) atoms. The summed E-state index contributed by atoms with van der Waals surface area (Å²) in [5.74, 6) is 0. The molecule has 0 aliphatic carbocycles. The van der Waals surface area contributed by atoms with Crippen LogP contribution < -0.4 is 5.32 Å². The predicted molar refractivity (Wildman–Crippen MR) is 65.2 cm³/mol. The van der Waals surface area contributed by atoms with Crippen molar-refractivity contribution >= 4 is 33.2 Å². The van der Waals surface area contributed by atoms with Gasteiger partial charge in [0.2, 0.25) is 0 Å². The molecule has 1 aromatic heterocycles. The van der Waals surface area contributed by atoms with Crippen molar-refractivity contribution in [3.8, 4) is 0 Å². The highest BCUT2D eigenvalue weighted by molar-refractivity contribution is 9.10. The molecule has 0 spiro atoms.